The van der Waals surface area contributed by atoms with Crippen molar-refractivity contribution < 1.29 is 19.5 Å². The zero-order valence-corrected chi connectivity index (χ0v) is 17.0. The lowest BCUT2D eigenvalue weighted by atomic mass is 9.99. The van der Waals surface area contributed by atoms with Gasteiger partial charge in [-0.1, -0.05) is 23.7 Å². The van der Waals surface area contributed by atoms with Gasteiger partial charge in [-0.15, -0.1) is 0 Å². The summed E-state index contributed by atoms with van der Waals surface area (Å²) in [5.74, 6) is -0.454. The molecule has 2 saturated heterocycles. The van der Waals surface area contributed by atoms with Crippen LogP contribution in [-0.4, -0.2) is 57.7 Å². The Morgan fingerprint density at radius 1 is 1.32 bits per heavy atom. The fourth-order valence-electron chi connectivity index (χ4n) is 3.57. The van der Waals surface area contributed by atoms with E-state index < -0.39 is 0 Å². The Labute approximate surface area is 173 Å². The maximum absolute atomic E-state index is 12.6. The standard InChI is InChI=1S/C20H23ClN2O4S/c21-15-5-3-4-14(12-15)13-17-19(26)23(20(27)28-17)10-7-18(25)22-9-2-1-6-16(22)8-11-24/h3-5,12-13,16,24H,1-2,6-11H2. The van der Waals surface area contributed by atoms with Gasteiger partial charge >= 0.3 is 0 Å². The molecule has 1 atom stereocenters. The smallest absolute Gasteiger partial charge is 0.293 e. The van der Waals surface area contributed by atoms with Crippen LogP contribution >= 0.6 is 23.4 Å². The lowest BCUT2D eigenvalue weighted by molar-refractivity contribution is -0.135. The summed E-state index contributed by atoms with van der Waals surface area (Å²) in [6.07, 6.45) is 5.18. The molecular weight excluding hydrogens is 400 g/mol. The Hall–Kier alpha value is -1.83. The predicted octanol–water partition coefficient (Wildman–Crippen LogP) is 3.53. The number of likely N-dealkylation sites (tertiary alicyclic amines) is 1. The van der Waals surface area contributed by atoms with Crippen molar-refractivity contribution in [3.05, 3.63) is 39.8 Å². The largest absolute Gasteiger partial charge is 0.396 e. The van der Waals surface area contributed by atoms with Crippen LogP contribution in [0.4, 0.5) is 4.79 Å². The van der Waals surface area contributed by atoms with E-state index in [2.05, 4.69) is 0 Å². The normalized spacial score (nSPS) is 21.6. The van der Waals surface area contributed by atoms with E-state index in [1.807, 2.05) is 0 Å². The van der Waals surface area contributed by atoms with Gasteiger partial charge in [-0.2, -0.15) is 0 Å². The first-order chi connectivity index (χ1) is 13.5. The number of nitrogens with zero attached hydrogens (tertiary/aromatic N) is 2. The summed E-state index contributed by atoms with van der Waals surface area (Å²) in [5.41, 5.74) is 0.745. The number of carbonyl (C=O) groups is 3. The number of hydrogen-bond acceptors (Lipinski definition) is 5. The zero-order valence-electron chi connectivity index (χ0n) is 15.5. The van der Waals surface area contributed by atoms with E-state index in [9.17, 15) is 19.5 Å². The van der Waals surface area contributed by atoms with E-state index in [0.29, 0.717) is 22.9 Å². The highest BCUT2D eigenvalue weighted by Crippen LogP contribution is 2.32. The molecule has 8 heteroatoms. The van der Waals surface area contributed by atoms with Gasteiger partial charge in [0.25, 0.3) is 11.1 Å². The van der Waals surface area contributed by atoms with Crippen LogP contribution in [0.1, 0.15) is 37.7 Å². The van der Waals surface area contributed by atoms with Crippen LogP contribution in [-0.2, 0) is 9.59 Å². The highest BCUT2D eigenvalue weighted by molar-refractivity contribution is 8.18. The van der Waals surface area contributed by atoms with E-state index in [1.54, 1.807) is 35.2 Å². The van der Waals surface area contributed by atoms with Crippen molar-refractivity contribution in [2.75, 3.05) is 19.7 Å². The molecule has 3 amide bonds. The maximum Gasteiger partial charge on any atom is 0.293 e. The summed E-state index contributed by atoms with van der Waals surface area (Å²) < 4.78 is 0. The molecule has 2 aliphatic rings. The minimum atomic E-state index is -0.381. The van der Waals surface area contributed by atoms with E-state index in [4.69, 9.17) is 11.6 Å². The average Bonchev–Trinajstić information content (AvgIpc) is 2.93. The Bertz CT molecular complexity index is 796. The topological polar surface area (TPSA) is 77.9 Å². The first-order valence-electron chi connectivity index (χ1n) is 9.41. The number of thioether (sulfide) groups is 1. The van der Waals surface area contributed by atoms with Gasteiger partial charge in [-0.25, -0.2) is 0 Å². The number of hydrogen-bond donors (Lipinski definition) is 1. The Morgan fingerprint density at radius 3 is 2.89 bits per heavy atom. The van der Waals surface area contributed by atoms with Gasteiger partial charge < -0.3 is 10.0 Å². The minimum absolute atomic E-state index is 0.0453. The van der Waals surface area contributed by atoms with Crippen molar-refractivity contribution in [2.24, 2.45) is 0 Å². The molecule has 28 heavy (non-hydrogen) atoms. The first kappa shape index (κ1) is 20.9. The van der Waals surface area contributed by atoms with Gasteiger partial charge in [-0.05, 0) is 61.2 Å². The molecule has 1 aromatic rings. The van der Waals surface area contributed by atoms with Crippen LogP contribution in [0.15, 0.2) is 29.2 Å². The van der Waals surface area contributed by atoms with Crippen LogP contribution in [0, 0.1) is 0 Å². The van der Waals surface area contributed by atoms with Crippen molar-refractivity contribution >= 4 is 46.5 Å². The minimum Gasteiger partial charge on any atom is -0.396 e. The van der Waals surface area contributed by atoms with Gasteiger partial charge in [0.1, 0.15) is 0 Å². The average molecular weight is 423 g/mol. The third kappa shape index (κ3) is 4.96. The lowest BCUT2D eigenvalue weighted by Gasteiger charge is -2.36. The van der Waals surface area contributed by atoms with Crippen molar-refractivity contribution in [2.45, 2.75) is 38.1 Å². The van der Waals surface area contributed by atoms with Crippen molar-refractivity contribution in [3.8, 4) is 0 Å². The van der Waals surface area contributed by atoms with Crippen LogP contribution in [0.3, 0.4) is 0 Å². The van der Waals surface area contributed by atoms with Gasteiger partial charge in [0.2, 0.25) is 5.91 Å². The molecule has 0 aliphatic carbocycles. The van der Waals surface area contributed by atoms with E-state index in [1.165, 1.54) is 0 Å². The predicted molar refractivity (Wildman–Crippen MR) is 110 cm³/mol. The highest BCUT2D eigenvalue weighted by atomic mass is 35.5. The highest BCUT2D eigenvalue weighted by Gasteiger charge is 2.36. The number of aliphatic hydroxyl groups excluding tert-OH is 1. The number of piperidine rings is 1. The molecule has 6 nitrogen and oxygen atoms in total. The van der Waals surface area contributed by atoms with E-state index in [-0.39, 0.29) is 42.7 Å². The fourth-order valence-corrected chi connectivity index (χ4v) is 4.63. The summed E-state index contributed by atoms with van der Waals surface area (Å²) in [7, 11) is 0. The molecule has 2 fully saturated rings. The molecule has 0 radical (unpaired) electrons. The third-order valence-electron chi connectivity index (χ3n) is 4.98. The number of imide groups is 1. The van der Waals surface area contributed by atoms with Gasteiger partial charge in [0, 0.05) is 37.2 Å². The number of carbonyl (C=O) groups excluding carboxylic acids is 3. The van der Waals surface area contributed by atoms with Crippen LogP contribution in [0.25, 0.3) is 6.08 Å². The molecule has 0 saturated carbocycles. The van der Waals surface area contributed by atoms with Gasteiger partial charge in [-0.3, -0.25) is 19.3 Å². The molecule has 2 heterocycles. The first-order valence-corrected chi connectivity index (χ1v) is 10.6. The van der Waals surface area contributed by atoms with Crippen LogP contribution in [0.5, 0.6) is 0 Å². The van der Waals surface area contributed by atoms with Crippen molar-refractivity contribution in [1.29, 1.82) is 0 Å². The van der Waals surface area contributed by atoms with E-state index in [0.717, 1.165) is 41.5 Å². The molecule has 3 rings (SSSR count). The van der Waals surface area contributed by atoms with Gasteiger partial charge in [0.15, 0.2) is 0 Å². The SMILES string of the molecule is O=C1SC(=Cc2cccc(Cl)c2)C(=O)N1CCC(=O)N1CCCCC1CCO. The summed E-state index contributed by atoms with van der Waals surface area (Å²) in [5, 5.41) is 9.39. The molecule has 1 N–H and O–H groups in total. The second-order valence-electron chi connectivity index (χ2n) is 6.89. The molecule has 0 spiro atoms. The summed E-state index contributed by atoms with van der Waals surface area (Å²) in [6.45, 7) is 0.782. The quantitative estimate of drug-likeness (QED) is 0.709. The lowest BCUT2D eigenvalue weighted by Crippen LogP contribution is -2.45. The molecule has 0 bridgehead atoms. The number of amides is 3. The number of rotatable bonds is 6. The van der Waals surface area contributed by atoms with Crippen molar-refractivity contribution in [1.82, 2.24) is 9.80 Å². The second-order valence-corrected chi connectivity index (χ2v) is 8.32. The van der Waals surface area contributed by atoms with Crippen LogP contribution in [0.2, 0.25) is 5.02 Å². The van der Waals surface area contributed by atoms with Crippen LogP contribution < -0.4 is 0 Å². The maximum atomic E-state index is 12.6. The molecule has 1 unspecified atom stereocenters. The van der Waals surface area contributed by atoms with Crippen molar-refractivity contribution in [3.63, 3.8) is 0 Å². The van der Waals surface area contributed by atoms with Gasteiger partial charge in [0.05, 0.1) is 4.91 Å². The summed E-state index contributed by atoms with van der Waals surface area (Å²) in [4.78, 5) is 40.7. The second kappa shape index (κ2) is 9.58. The Balaban J connectivity index is 1.62. The molecule has 2 aliphatic heterocycles. The Kier molecular flexibility index (Phi) is 7.15. The number of aliphatic hydroxyl groups is 1. The Morgan fingerprint density at radius 2 is 2.14 bits per heavy atom. The molecule has 1 aromatic carbocycles. The zero-order chi connectivity index (χ0) is 20.1. The van der Waals surface area contributed by atoms with E-state index >= 15 is 0 Å². The number of benzene rings is 1. The number of halogens is 1. The molecular formula is C20H23ClN2O4S. The summed E-state index contributed by atoms with van der Waals surface area (Å²) >= 11 is 6.84. The fraction of sp³-hybridized carbons (Fsp3) is 0.450. The molecule has 0 aromatic heterocycles. The third-order valence-corrected chi connectivity index (χ3v) is 6.12. The molecule has 150 valence electrons. The monoisotopic (exact) mass is 422 g/mol. The summed E-state index contributed by atoms with van der Waals surface area (Å²) in [6, 6.07) is 7.08.